The van der Waals surface area contributed by atoms with Crippen LogP contribution in [0.15, 0.2) is 24.3 Å². The van der Waals surface area contributed by atoms with Gasteiger partial charge in [-0.05, 0) is 36.7 Å². The lowest BCUT2D eigenvalue weighted by molar-refractivity contribution is -0.121. The van der Waals surface area contributed by atoms with Gasteiger partial charge in [-0.1, -0.05) is 25.4 Å². The Bertz CT molecular complexity index is 485. The molecule has 1 unspecified atom stereocenters. The van der Waals surface area contributed by atoms with Crippen molar-refractivity contribution in [2.24, 2.45) is 5.92 Å². The summed E-state index contributed by atoms with van der Waals surface area (Å²) < 4.78 is 0. The average Bonchev–Trinajstić information content (AvgIpc) is 2.63. The Balaban J connectivity index is 2.12. The zero-order valence-electron chi connectivity index (χ0n) is 11.0. The Morgan fingerprint density at radius 1 is 1.32 bits per heavy atom. The summed E-state index contributed by atoms with van der Waals surface area (Å²) in [5, 5.41) is 3.72. The van der Waals surface area contributed by atoms with Crippen molar-refractivity contribution in [1.29, 1.82) is 0 Å². The smallest absolute Gasteiger partial charge is 0.251 e. The lowest BCUT2D eigenvalue weighted by Gasteiger charge is -2.16. The lowest BCUT2D eigenvalue weighted by Crippen LogP contribution is -2.40. The first-order valence-electron chi connectivity index (χ1n) is 6.35. The van der Waals surface area contributed by atoms with Gasteiger partial charge in [-0.15, -0.1) is 0 Å². The van der Waals surface area contributed by atoms with E-state index in [0.29, 0.717) is 16.6 Å². The number of anilines is 1. The van der Waals surface area contributed by atoms with Crippen molar-refractivity contribution >= 4 is 29.1 Å². The predicted octanol–water partition coefficient (Wildman–Crippen LogP) is 2.22. The van der Waals surface area contributed by atoms with Crippen molar-refractivity contribution < 1.29 is 9.59 Å². The lowest BCUT2D eigenvalue weighted by atomic mass is 10.2. The number of halogens is 1. The third-order valence-electron chi connectivity index (χ3n) is 3.00. The normalized spacial score (nSPS) is 19.6. The second-order valence-electron chi connectivity index (χ2n) is 5.10. The van der Waals surface area contributed by atoms with Crippen molar-refractivity contribution in [3.63, 3.8) is 0 Å². The number of imide groups is 1. The van der Waals surface area contributed by atoms with Gasteiger partial charge in [0, 0.05) is 5.02 Å². The van der Waals surface area contributed by atoms with Gasteiger partial charge in [0.25, 0.3) is 5.91 Å². The quantitative estimate of drug-likeness (QED) is 0.861. The average molecular weight is 281 g/mol. The summed E-state index contributed by atoms with van der Waals surface area (Å²) in [7, 11) is 0. The molecule has 1 aliphatic heterocycles. The fourth-order valence-electron chi connectivity index (χ4n) is 2.03. The molecule has 0 aliphatic carbocycles. The Hall–Kier alpha value is -1.39. The predicted molar refractivity (Wildman–Crippen MR) is 75.2 cm³/mol. The van der Waals surface area contributed by atoms with E-state index in [9.17, 15) is 9.59 Å². The van der Waals surface area contributed by atoms with Crippen LogP contribution in [-0.2, 0) is 9.59 Å². The molecule has 0 radical (unpaired) electrons. The number of carbonyl (C=O) groups is 2. The second-order valence-corrected chi connectivity index (χ2v) is 5.54. The maximum Gasteiger partial charge on any atom is 0.251 e. The van der Waals surface area contributed by atoms with Crippen LogP contribution >= 0.6 is 11.6 Å². The van der Waals surface area contributed by atoms with Crippen molar-refractivity contribution in [3.8, 4) is 0 Å². The number of nitrogens with one attached hydrogen (secondary N) is 1. The van der Waals surface area contributed by atoms with Gasteiger partial charge in [0.2, 0.25) is 5.91 Å². The summed E-state index contributed by atoms with van der Waals surface area (Å²) in [6, 6.07) is 6.30. The highest BCUT2D eigenvalue weighted by Crippen LogP contribution is 2.24. The van der Waals surface area contributed by atoms with Crippen molar-refractivity contribution in [2.75, 3.05) is 11.4 Å². The Morgan fingerprint density at radius 3 is 2.53 bits per heavy atom. The first-order chi connectivity index (χ1) is 8.99. The second kappa shape index (κ2) is 5.72. The third-order valence-corrected chi connectivity index (χ3v) is 3.26. The number of hydrogen-bond acceptors (Lipinski definition) is 3. The van der Waals surface area contributed by atoms with Gasteiger partial charge < -0.3 is 5.32 Å². The Labute approximate surface area is 117 Å². The van der Waals surface area contributed by atoms with Gasteiger partial charge in [0.15, 0.2) is 0 Å². The molecule has 0 aromatic heterocycles. The Kier molecular flexibility index (Phi) is 4.22. The van der Waals surface area contributed by atoms with Crippen molar-refractivity contribution in [3.05, 3.63) is 29.3 Å². The highest BCUT2D eigenvalue weighted by atomic mass is 35.5. The number of hydrogen-bond donors (Lipinski definition) is 1. The molecular weight excluding hydrogens is 264 g/mol. The van der Waals surface area contributed by atoms with Gasteiger partial charge in [0.05, 0.1) is 18.2 Å². The van der Waals surface area contributed by atoms with Crippen LogP contribution in [-0.4, -0.2) is 24.4 Å². The molecule has 2 amide bonds. The molecule has 0 bridgehead atoms. The molecule has 19 heavy (non-hydrogen) atoms. The summed E-state index contributed by atoms with van der Waals surface area (Å²) in [4.78, 5) is 25.4. The van der Waals surface area contributed by atoms with Crippen molar-refractivity contribution in [1.82, 2.24) is 5.32 Å². The summed E-state index contributed by atoms with van der Waals surface area (Å²) >= 11 is 5.80. The van der Waals surface area contributed by atoms with Crippen LogP contribution in [0.4, 0.5) is 5.69 Å². The number of rotatable bonds is 4. The molecule has 2 rings (SSSR count). The molecule has 1 fully saturated rings. The molecule has 1 heterocycles. The fraction of sp³-hybridized carbons (Fsp3) is 0.429. The zero-order valence-corrected chi connectivity index (χ0v) is 11.8. The number of benzene rings is 1. The molecule has 1 aromatic rings. The van der Waals surface area contributed by atoms with Gasteiger partial charge in [-0.2, -0.15) is 0 Å². The molecule has 1 saturated heterocycles. The van der Waals surface area contributed by atoms with E-state index in [0.717, 1.165) is 6.54 Å². The van der Waals surface area contributed by atoms with Crippen LogP contribution < -0.4 is 10.2 Å². The zero-order chi connectivity index (χ0) is 14.0. The monoisotopic (exact) mass is 280 g/mol. The molecule has 4 nitrogen and oxygen atoms in total. The standard InChI is InChI=1S/C14H17ClN2O2/c1-9(2)8-16-12-7-13(18)17(14(12)19)11-5-3-10(15)4-6-11/h3-6,9,12,16H,7-8H2,1-2H3. The third kappa shape index (κ3) is 3.14. The molecule has 102 valence electrons. The van der Waals surface area contributed by atoms with Crippen LogP contribution in [0, 0.1) is 5.92 Å². The largest absolute Gasteiger partial charge is 0.305 e. The van der Waals surface area contributed by atoms with Crippen LogP contribution in [0.1, 0.15) is 20.3 Å². The highest BCUT2D eigenvalue weighted by molar-refractivity contribution is 6.30. The van der Waals surface area contributed by atoms with Gasteiger partial charge in [0.1, 0.15) is 0 Å². The minimum Gasteiger partial charge on any atom is -0.305 e. The number of nitrogens with zero attached hydrogens (tertiary/aromatic N) is 1. The summed E-state index contributed by atoms with van der Waals surface area (Å²) in [5.74, 6) is 0.0778. The number of carbonyl (C=O) groups excluding carboxylic acids is 2. The molecule has 5 heteroatoms. The number of amides is 2. The summed E-state index contributed by atoms with van der Waals surface area (Å²) in [6.07, 6.45) is 0.216. The summed E-state index contributed by atoms with van der Waals surface area (Å²) in [6.45, 7) is 4.84. The first-order valence-corrected chi connectivity index (χ1v) is 6.72. The molecule has 1 aliphatic rings. The van der Waals surface area contributed by atoms with Crippen LogP contribution in [0.3, 0.4) is 0 Å². The van der Waals surface area contributed by atoms with E-state index in [1.54, 1.807) is 24.3 Å². The topological polar surface area (TPSA) is 49.4 Å². The molecule has 1 N–H and O–H groups in total. The minimum absolute atomic E-state index is 0.173. The van der Waals surface area contributed by atoms with Crippen LogP contribution in [0.2, 0.25) is 5.02 Å². The maximum atomic E-state index is 12.2. The highest BCUT2D eigenvalue weighted by Gasteiger charge is 2.39. The first kappa shape index (κ1) is 14.0. The molecular formula is C14H17ClN2O2. The van der Waals surface area contributed by atoms with Gasteiger partial charge in [-0.3, -0.25) is 9.59 Å². The van der Waals surface area contributed by atoms with E-state index in [-0.39, 0.29) is 18.2 Å². The minimum atomic E-state index is -0.412. The molecule has 0 saturated carbocycles. The van der Waals surface area contributed by atoms with Crippen LogP contribution in [0.5, 0.6) is 0 Å². The maximum absolute atomic E-state index is 12.2. The Morgan fingerprint density at radius 2 is 1.95 bits per heavy atom. The van der Waals surface area contributed by atoms with Gasteiger partial charge in [-0.25, -0.2) is 4.90 Å². The van der Waals surface area contributed by atoms with E-state index in [2.05, 4.69) is 19.2 Å². The van der Waals surface area contributed by atoms with E-state index in [4.69, 9.17) is 11.6 Å². The van der Waals surface area contributed by atoms with Gasteiger partial charge >= 0.3 is 0 Å². The molecule has 0 spiro atoms. The summed E-state index contributed by atoms with van der Waals surface area (Å²) in [5.41, 5.74) is 0.577. The van der Waals surface area contributed by atoms with Crippen LogP contribution in [0.25, 0.3) is 0 Å². The van der Waals surface area contributed by atoms with Crippen molar-refractivity contribution in [2.45, 2.75) is 26.3 Å². The van der Waals surface area contributed by atoms with E-state index < -0.39 is 6.04 Å². The fourth-order valence-corrected chi connectivity index (χ4v) is 2.16. The molecule has 1 aromatic carbocycles. The molecule has 1 atom stereocenters. The van der Waals surface area contributed by atoms with E-state index in [1.165, 1.54) is 4.90 Å². The SMILES string of the molecule is CC(C)CNC1CC(=O)N(c2ccc(Cl)cc2)C1=O. The van der Waals surface area contributed by atoms with E-state index in [1.807, 2.05) is 0 Å². The van der Waals surface area contributed by atoms with E-state index >= 15 is 0 Å².